The highest BCUT2D eigenvalue weighted by molar-refractivity contribution is 7.15. The van der Waals surface area contributed by atoms with E-state index in [0.29, 0.717) is 6.04 Å². The summed E-state index contributed by atoms with van der Waals surface area (Å²) in [6, 6.07) is 9.02. The van der Waals surface area contributed by atoms with Crippen LogP contribution >= 0.6 is 11.3 Å². The van der Waals surface area contributed by atoms with Gasteiger partial charge in [-0.2, -0.15) is 0 Å². The molecular weight excluding hydrogens is 442 g/mol. The second-order valence-electron chi connectivity index (χ2n) is 8.82. The van der Waals surface area contributed by atoms with Crippen LogP contribution in [0.15, 0.2) is 60.8 Å². The van der Waals surface area contributed by atoms with Crippen molar-refractivity contribution in [2.75, 3.05) is 31.1 Å². The van der Waals surface area contributed by atoms with Gasteiger partial charge in [0.15, 0.2) is 5.13 Å². The summed E-state index contributed by atoms with van der Waals surface area (Å²) >= 11 is 1.80. The maximum absolute atomic E-state index is 5.75. The minimum atomic E-state index is 0.449. The van der Waals surface area contributed by atoms with Crippen LogP contribution in [0.1, 0.15) is 36.6 Å². The molecule has 2 aromatic heterocycles. The van der Waals surface area contributed by atoms with Gasteiger partial charge in [0.05, 0.1) is 5.70 Å². The van der Waals surface area contributed by atoms with E-state index >= 15 is 0 Å². The molecule has 0 amide bonds. The summed E-state index contributed by atoms with van der Waals surface area (Å²) in [5, 5.41) is 6.26. The molecule has 1 aliphatic heterocycles. The largest absolute Gasteiger partial charge is 0.405 e. The number of nitrogens with zero attached hydrogens (tertiary/aromatic N) is 3. The van der Waals surface area contributed by atoms with Gasteiger partial charge in [0.1, 0.15) is 0 Å². The highest BCUT2D eigenvalue weighted by atomic mass is 32.1. The van der Waals surface area contributed by atoms with Crippen LogP contribution in [-0.4, -0.2) is 47.1 Å². The fraction of sp³-hybridized carbons (Fsp3) is 0.423. The smallest absolute Gasteiger partial charge is 0.185 e. The molecule has 1 aliphatic rings. The maximum Gasteiger partial charge on any atom is 0.185 e. The number of aromatic amines is 1. The second kappa shape index (κ2) is 11.9. The summed E-state index contributed by atoms with van der Waals surface area (Å²) < 4.78 is 0. The average Bonchev–Trinajstić information content (AvgIpc) is 3.52. The summed E-state index contributed by atoms with van der Waals surface area (Å²) in [6.45, 7) is 6.78. The van der Waals surface area contributed by atoms with Gasteiger partial charge in [0.25, 0.3) is 0 Å². The van der Waals surface area contributed by atoms with Crippen LogP contribution in [0, 0.1) is 0 Å². The van der Waals surface area contributed by atoms with E-state index in [1.165, 1.54) is 46.8 Å². The van der Waals surface area contributed by atoms with E-state index in [1.807, 2.05) is 12.3 Å². The van der Waals surface area contributed by atoms with Gasteiger partial charge in [0.2, 0.25) is 0 Å². The van der Waals surface area contributed by atoms with Gasteiger partial charge < -0.3 is 31.6 Å². The van der Waals surface area contributed by atoms with E-state index in [0.717, 1.165) is 50.0 Å². The normalized spacial score (nSPS) is 16.1. The van der Waals surface area contributed by atoms with Crippen LogP contribution in [0.3, 0.4) is 0 Å². The monoisotopic (exact) mass is 479 g/mol. The van der Waals surface area contributed by atoms with E-state index in [9.17, 15) is 0 Å². The fourth-order valence-corrected chi connectivity index (χ4v) is 5.50. The predicted molar refractivity (Wildman–Crippen MR) is 144 cm³/mol. The van der Waals surface area contributed by atoms with Crippen molar-refractivity contribution in [3.63, 3.8) is 0 Å². The zero-order valence-corrected chi connectivity index (χ0v) is 20.9. The third kappa shape index (κ3) is 5.93. The van der Waals surface area contributed by atoms with Crippen molar-refractivity contribution in [1.82, 2.24) is 20.2 Å². The number of allylic oxidation sites excluding steroid dienone is 1. The first-order valence-electron chi connectivity index (χ1n) is 12.2. The molecule has 4 rings (SSSR count). The number of H-pyrrole nitrogens is 1. The number of thiazole rings is 1. The number of rotatable bonds is 11. The zero-order chi connectivity index (χ0) is 23.8. The molecule has 3 aromatic rings. The van der Waals surface area contributed by atoms with E-state index in [2.05, 4.69) is 57.5 Å². The topological polar surface area (TPSA) is 99.2 Å². The van der Waals surface area contributed by atoms with Gasteiger partial charge in [-0.3, -0.25) is 0 Å². The summed E-state index contributed by atoms with van der Waals surface area (Å²) in [6.07, 6.45) is 13.9. The summed E-state index contributed by atoms with van der Waals surface area (Å²) in [5.74, 6) is 0. The Morgan fingerprint density at radius 2 is 2.06 bits per heavy atom. The molecule has 0 bridgehead atoms. The molecule has 1 aromatic carbocycles. The molecular formula is C26H37N7S. The van der Waals surface area contributed by atoms with Crippen LogP contribution in [-0.2, 0) is 13.0 Å². The summed E-state index contributed by atoms with van der Waals surface area (Å²) in [5.41, 5.74) is 14.9. The summed E-state index contributed by atoms with van der Waals surface area (Å²) in [4.78, 5) is 14.1. The Balaban J connectivity index is 1.33. The molecule has 0 aliphatic carbocycles. The molecule has 1 unspecified atom stereocenters. The lowest BCUT2D eigenvalue weighted by atomic mass is 10.0. The SMILES string of the molecule is CCCCC(Cc1c[nH]c2ccccc12)NCc1cnc(N2CCN(C(/C=C\N)=C/N)CC2)s1. The minimum absolute atomic E-state index is 0.449. The molecule has 3 heterocycles. The molecule has 34 heavy (non-hydrogen) atoms. The third-order valence-corrected chi connectivity index (χ3v) is 7.56. The molecule has 0 saturated carbocycles. The number of piperazine rings is 1. The highest BCUT2D eigenvalue weighted by Crippen LogP contribution is 2.25. The third-order valence-electron chi connectivity index (χ3n) is 6.51. The van der Waals surface area contributed by atoms with Gasteiger partial charge >= 0.3 is 0 Å². The fourth-order valence-electron chi connectivity index (χ4n) is 4.58. The lowest BCUT2D eigenvalue weighted by Gasteiger charge is -2.36. The van der Waals surface area contributed by atoms with Crippen molar-refractivity contribution in [3.05, 3.63) is 71.3 Å². The summed E-state index contributed by atoms with van der Waals surface area (Å²) in [7, 11) is 0. The Labute approximate surface area is 206 Å². The Morgan fingerprint density at radius 1 is 1.24 bits per heavy atom. The van der Waals surface area contributed by atoms with Crippen LogP contribution < -0.4 is 21.7 Å². The molecule has 0 radical (unpaired) electrons. The van der Waals surface area contributed by atoms with E-state index in [1.54, 1.807) is 17.5 Å². The Hall–Kier alpha value is -2.97. The number of nitrogens with two attached hydrogens (primary N) is 2. The molecule has 7 nitrogen and oxygen atoms in total. The average molecular weight is 480 g/mol. The van der Waals surface area contributed by atoms with Crippen LogP contribution in [0.5, 0.6) is 0 Å². The first kappa shape index (κ1) is 24.2. The number of para-hydroxylation sites is 1. The standard InChI is InChI=1S/C26H37N7S/c1-2-3-6-21(15-20-17-30-25-8-5-4-7-24(20)25)29-18-23-19-31-26(34-23)33-13-11-32(12-14-33)22(16-28)9-10-27/h4-5,7-10,16-17,19,21,29-30H,2-3,6,11-15,18,27-28H2,1H3/b10-9-,22-16+. The minimum Gasteiger partial charge on any atom is -0.405 e. The number of fused-ring (bicyclic) bond motifs is 1. The number of benzene rings is 1. The van der Waals surface area contributed by atoms with Crippen molar-refractivity contribution < 1.29 is 0 Å². The van der Waals surface area contributed by atoms with Crippen molar-refractivity contribution >= 4 is 27.4 Å². The number of hydrogen-bond acceptors (Lipinski definition) is 7. The lowest BCUT2D eigenvalue weighted by Crippen LogP contribution is -2.45. The van der Waals surface area contributed by atoms with E-state index in [-0.39, 0.29) is 0 Å². The first-order valence-corrected chi connectivity index (χ1v) is 13.1. The predicted octanol–water partition coefficient (Wildman–Crippen LogP) is 3.91. The van der Waals surface area contributed by atoms with Crippen LogP contribution in [0.25, 0.3) is 10.9 Å². The van der Waals surface area contributed by atoms with Crippen LogP contribution in [0.2, 0.25) is 0 Å². The Bertz CT molecular complexity index is 1090. The van der Waals surface area contributed by atoms with Crippen molar-refractivity contribution in [2.45, 2.75) is 45.2 Å². The number of hydrogen-bond donors (Lipinski definition) is 4. The molecule has 1 fully saturated rings. The number of unbranched alkanes of at least 4 members (excludes halogenated alkanes) is 1. The van der Waals surface area contributed by atoms with Gasteiger partial charge in [-0.25, -0.2) is 4.98 Å². The Morgan fingerprint density at radius 3 is 2.82 bits per heavy atom. The van der Waals surface area contributed by atoms with Gasteiger partial charge in [0, 0.05) is 73.1 Å². The van der Waals surface area contributed by atoms with Crippen LogP contribution in [0.4, 0.5) is 5.13 Å². The number of aromatic nitrogens is 2. The molecule has 182 valence electrons. The first-order chi connectivity index (χ1) is 16.7. The molecule has 1 atom stereocenters. The van der Waals surface area contributed by atoms with Crippen molar-refractivity contribution in [1.29, 1.82) is 0 Å². The van der Waals surface area contributed by atoms with Crippen molar-refractivity contribution in [3.8, 4) is 0 Å². The highest BCUT2D eigenvalue weighted by Gasteiger charge is 2.20. The molecule has 1 saturated heterocycles. The molecule has 0 spiro atoms. The maximum atomic E-state index is 5.75. The quantitative estimate of drug-likeness (QED) is 0.311. The molecule has 6 N–H and O–H groups in total. The van der Waals surface area contributed by atoms with Gasteiger partial charge in [-0.1, -0.05) is 38.0 Å². The second-order valence-corrected chi connectivity index (χ2v) is 9.91. The van der Waals surface area contributed by atoms with Crippen molar-refractivity contribution in [2.24, 2.45) is 11.5 Å². The zero-order valence-electron chi connectivity index (χ0n) is 20.0. The van der Waals surface area contributed by atoms with E-state index < -0.39 is 0 Å². The van der Waals surface area contributed by atoms with E-state index in [4.69, 9.17) is 16.5 Å². The lowest BCUT2D eigenvalue weighted by molar-refractivity contribution is 0.329. The Kier molecular flexibility index (Phi) is 8.49. The van der Waals surface area contributed by atoms with Gasteiger partial charge in [-0.05, 0) is 36.7 Å². The molecule has 8 heteroatoms. The number of nitrogens with one attached hydrogen (secondary N) is 2. The number of anilines is 1. The van der Waals surface area contributed by atoms with Gasteiger partial charge in [-0.15, -0.1) is 11.3 Å².